The van der Waals surface area contributed by atoms with Gasteiger partial charge in [0.25, 0.3) is 0 Å². The highest BCUT2D eigenvalue weighted by atomic mass is 32.3. The molecule has 7 heteroatoms. The summed E-state index contributed by atoms with van der Waals surface area (Å²) >= 11 is 0. The van der Waals surface area contributed by atoms with Gasteiger partial charge in [-0.05, 0) is 19.1 Å². The molecule has 15 heavy (non-hydrogen) atoms. The molecule has 0 saturated heterocycles. The van der Waals surface area contributed by atoms with Gasteiger partial charge in [0, 0.05) is 0 Å². The summed E-state index contributed by atoms with van der Waals surface area (Å²) < 4.78 is 49.3. The maximum atomic E-state index is 13.3. The minimum Gasteiger partial charge on any atom is -0.355 e. The molecule has 0 heterocycles. The third-order valence-electron chi connectivity index (χ3n) is 1.53. The molecule has 0 aliphatic rings. The molecule has 0 amide bonds. The summed E-state index contributed by atoms with van der Waals surface area (Å²) in [6, 6.07) is 3.22. The lowest BCUT2D eigenvalue weighted by atomic mass is 10.1. The SMILES string of the molecule is CC(=O)c1cccc(OS(=O)(=O)F)c1F. The quantitative estimate of drug-likeness (QED) is 0.591. The van der Waals surface area contributed by atoms with Crippen molar-refractivity contribution in [2.24, 2.45) is 0 Å². The second-order valence-corrected chi connectivity index (χ2v) is 3.60. The summed E-state index contributed by atoms with van der Waals surface area (Å²) in [5.74, 6) is -2.66. The number of hydrogen-bond acceptors (Lipinski definition) is 4. The van der Waals surface area contributed by atoms with Crippen molar-refractivity contribution in [2.75, 3.05) is 0 Å². The van der Waals surface area contributed by atoms with Crippen molar-refractivity contribution >= 4 is 16.3 Å². The van der Waals surface area contributed by atoms with Gasteiger partial charge in [-0.25, -0.2) is 4.39 Å². The Morgan fingerprint density at radius 1 is 1.40 bits per heavy atom. The second kappa shape index (κ2) is 3.93. The van der Waals surface area contributed by atoms with Crippen LogP contribution in [-0.2, 0) is 10.5 Å². The summed E-state index contributed by atoms with van der Waals surface area (Å²) in [5.41, 5.74) is -0.365. The molecule has 1 rings (SSSR count). The predicted molar refractivity (Wildman–Crippen MR) is 47.1 cm³/mol. The second-order valence-electron chi connectivity index (χ2n) is 2.65. The summed E-state index contributed by atoms with van der Waals surface area (Å²) in [6.07, 6.45) is 0. The smallest absolute Gasteiger partial charge is 0.355 e. The molecule has 0 unspecified atom stereocenters. The van der Waals surface area contributed by atoms with Crippen LogP contribution in [0.2, 0.25) is 0 Å². The minimum absolute atomic E-state index is 0.365. The molecule has 0 aromatic heterocycles. The first kappa shape index (κ1) is 11.6. The van der Waals surface area contributed by atoms with E-state index in [1.165, 1.54) is 6.07 Å². The van der Waals surface area contributed by atoms with E-state index in [2.05, 4.69) is 4.18 Å². The first-order valence-electron chi connectivity index (χ1n) is 3.75. The lowest BCUT2D eigenvalue weighted by Crippen LogP contribution is -2.05. The Balaban J connectivity index is 3.22. The van der Waals surface area contributed by atoms with E-state index in [9.17, 15) is 21.5 Å². The van der Waals surface area contributed by atoms with Crippen LogP contribution >= 0.6 is 0 Å². The summed E-state index contributed by atoms with van der Waals surface area (Å²) in [5, 5.41) is 0. The van der Waals surface area contributed by atoms with Gasteiger partial charge in [-0.2, -0.15) is 8.42 Å². The highest BCUT2D eigenvalue weighted by molar-refractivity contribution is 7.81. The first-order valence-corrected chi connectivity index (χ1v) is 5.05. The molecule has 0 bridgehead atoms. The van der Waals surface area contributed by atoms with E-state index in [-0.39, 0.29) is 5.56 Å². The summed E-state index contributed by atoms with van der Waals surface area (Å²) in [4.78, 5) is 10.8. The Kier molecular flexibility index (Phi) is 3.04. The molecule has 4 nitrogen and oxygen atoms in total. The number of benzene rings is 1. The molecular formula is C8H6F2O4S. The van der Waals surface area contributed by atoms with Crippen molar-refractivity contribution in [1.82, 2.24) is 0 Å². The van der Waals surface area contributed by atoms with E-state index in [0.717, 1.165) is 19.1 Å². The molecule has 0 saturated carbocycles. The van der Waals surface area contributed by atoms with Crippen LogP contribution in [0.4, 0.5) is 8.28 Å². The number of carbonyl (C=O) groups is 1. The number of hydrogen-bond donors (Lipinski definition) is 0. The van der Waals surface area contributed by atoms with Gasteiger partial charge in [-0.3, -0.25) is 4.79 Å². The molecule has 1 aromatic carbocycles. The van der Waals surface area contributed by atoms with Crippen LogP contribution in [0.15, 0.2) is 18.2 Å². The first-order chi connectivity index (χ1) is 6.81. The maximum absolute atomic E-state index is 13.3. The molecular weight excluding hydrogens is 230 g/mol. The number of Topliss-reactive ketones (excluding diaryl/α,β-unsaturated/α-hetero) is 1. The standard InChI is InChI=1S/C8H6F2O4S/c1-5(11)6-3-2-4-7(8(6)9)14-15(10,12)13/h2-4H,1H3. The molecule has 0 N–H and O–H groups in total. The van der Waals surface area contributed by atoms with Gasteiger partial charge >= 0.3 is 10.5 Å². The number of rotatable bonds is 3. The van der Waals surface area contributed by atoms with E-state index < -0.39 is 27.9 Å². The molecule has 82 valence electrons. The molecule has 1 aromatic rings. The molecule has 0 fully saturated rings. The van der Waals surface area contributed by atoms with Crippen LogP contribution in [0.25, 0.3) is 0 Å². The Morgan fingerprint density at radius 3 is 2.47 bits per heavy atom. The lowest BCUT2D eigenvalue weighted by Gasteiger charge is -2.03. The average Bonchev–Trinajstić information content (AvgIpc) is 2.05. The van der Waals surface area contributed by atoms with Gasteiger partial charge in [-0.1, -0.05) is 9.95 Å². The molecule has 0 spiro atoms. The van der Waals surface area contributed by atoms with Crippen LogP contribution in [0, 0.1) is 5.82 Å². The van der Waals surface area contributed by atoms with Gasteiger partial charge < -0.3 is 4.18 Å². The van der Waals surface area contributed by atoms with Crippen LogP contribution in [0.3, 0.4) is 0 Å². The fourth-order valence-corrected chi connectivity index (χ4v) is 1.30. The highest BCUT2D eigenvalue weighted by Gasteiger charge is 2.17. The van der Waals surface area contributed by atoms with Crippen molar-refractivity contribution in [3.8, 4) is 5.75 Å². The van der Waals surface area contributed by atoms with Crippen molar-refractivity contribution in [3.05, 3.63) is 29.6 Å². The van der Waals surface area contributed by atoms with Gasteiger partial charge in [-0.15, -0.1) is 0 Å². The van der Waals surface area contributed by atoms with Gasteiger partial charge in [0.05, 0.1) is 5.56 Å². The zero-order chi connectivity index (χ0) is 11.6. The Hall–Kier alpha value is -1.50. The van der Waals surface area contributed by atoms with Gasteiger partial charge in [0.15, 0.2) is 17.3 Å². The molecule has 0 radical (unpaired) electrons. The summed E-state index contributed by atoms with van der Waals surface area (Å²) in [6.45, 7) is 1.09. The van der Waals surface area contributed by atoms with Crippen LogP contribution in [-0.4, -0.2) is 14.2 Å². The molecule has 0 aliphatic heterocycles. The highest BCUT2D eigenvalue weighted by Crippen LogP contribution is 2.22. The minimum atomic E-state index is -5.29. The normalized spacial score (nSPS) is 11.1. The van der Waals surface area contributed by atoms with E-state index >= 15 is 0 Å². The largest absolute Gasteiger partial charge is 0.488 e. The number of carbonyl (C=O) groups excluding carboxylic acids is 1. The van der Waals surface area contributed by atoms with E-state index in [0.29, 0.717) is 0 Å². The third kappa shape index (κ3) is 2.98. The maximum Gasteiger partial charge on any atom is 0.488 e. The Morgan fingerprint density at radius 2 is 2.00 bits per heavy atom. The van der Waals surface area contributed by atoms with Crippen LogP contribution in [0.5, 0.6) is 5.75 Å². The topological polar surface area (TPSA) is 60.4 Å². The Bertz CT molecular complexity index is 495. The fraction of sp³-hybridized carbons (Fsp3) is 0.125. The zero-order valence-corrected chi connectivity index (χ0v) is 8.35. The van der Waals surface area contributed by atoms with Gasteiger partial charge in [0.2, 0.25) is 0 Å². The van der Waals surface area contributed by atoms with Crippen molar-refractivity contribution in [2.45, 2.75) is 6.92 Å². The van der Waals surface area contributed by atoms with E-state index in [1.54, 1.807) is 0 Å². The average molecular weight is 236 g/mol. The van der Waals surface area contributed by atoms with E-state index in [4.69, 9.17) is 0 Å². The number of halogens is 2. The van der Waals surface area contributed by atoms with Crippen LogP contribution in [0.1, 0.15) is 17.3 Å². The zero-order valence-electron chi connectivity index (χ0n) is 7.53. The third-order valence-corrected chi connectivity index (χ3v) is 1.91. The van der Waals surface area contributed by atoms with Gasteiger partial charge in [0.1, 0.15) is 0 Å². The molecule has 0 atom stereocenters. The fourth-order valence-electron chi connectivity index (χ4n) is 0.954. The molecule has 0 aliphatic carbocycles. The van der Waals surface area contributed by atoms with Crippen molar-refractivity contribution in [3.63, 3.8) is 0 Å². The van der Waals surface area contributed by atoms with Crippen LogP contribution < -0.4 is 4.18 Å². The van der Waals surface area contributed by atoms with Crippen molar-refractivity contribution in [1.29, 1.82) is 0 Å². The lowest BCUT2D eigenvalue weighted by molar-refractivity contribution is 0.101. The number of ketones is 1. The Labute approximate surface area is 84.9 Å². The monoisotopic (exact) mass is 236 g/mol. The van der Waals surface area contributed by atoms with Crippen molar-refractivity contribution < 1.29 is 25.7 Å². The van der Waals surface area contributed by atoms with E-state index in [1.807, 2.05) is 0 Å². The predicted octanol–water partition coefficient (Wildman–Crippen LogP) is 1.62. The summed E-state index contributed by atoms with van der Waals surface area (Å²) in [7, 11) is -5.29.